The molecule has 0 aliphatic heterocycles. The number of nitrogen functional groups attached to an aromatic ring is 1. The lowest BCUT2D eigenvalue weighted by Crippen LogP contribution is -2.40. The Morgan fingerprint density at radius 3 is 2.05 bits per heavy atom. The molecule has 1 unspecified atom stereocenters. The van der Waals surface area contributed by atoms with E-state index in [0.717, 1.165) is 13.1 Å². The molecule has 21 heavy (non-hydrogen) atoms. The van der Waals surface area contributed by atoms with Crippen LogP contribution in [0, 0.1) is 5.41 Å². The summed E-state index contributed by atoms with van der Waals surface area (Å²) in [7, 11) is 2.00. The molecule has 0 spiro atoms. The van der Waals surface area contributed by atoms with Crippen molar-refractivity contribution >= 4 is 17.8 Å². The number of rotatable bonds is 6. The first-order valence-corrected chi connectivity index (χ1v) is 7.45. The molecule has 1 rings (SSSR count). The van der Waals surface area contributed by atoms with E-state index < -0.39 is 0 Å². The van der Waals surface area contributed by atoms with E-state index >= 15 is 0 Å². The summed E-state index contributed by atoms with van der Waals surface area (Å²) in [6, 6.07) is 0.273. The van der Waals surface area contributed by atoms with E-state index in [0.29, 0.717) is 17.8 Å². The van der Waals surface area contributed by atoms with Gasteiger partial charge in [-0.1, -0.05) is 20.8 Å². The molecule has 0 aromatic carbocycles. The maximum absolute atomic E-state index is 5.49. The van der Waals surface area contributed by atoms with Crippen molar-refractivity contribution in [2.75, 3.05) is 35.4 Å². The van der Waals surface area contributed by atoms with E-state index in [1.165, 1.54) is 0 Å². The first-order valence-electron chi connectivity index (χ1n) is 7.45. The fourth-order valence-electron chi connectivity index (χ4n) is 1.98. The Balaban J connectivity index is 3.20. The van der Waals surface area contributed by atoms with Gasteiger partial charge in [-0.2, -0.15) is 15.0 Å². The number of aromatic nitrogens is 3. The Morgan fingerprint density at radius 1 is 1.10 bits per heavy atom. The van der Waals surface area contributed by atoms with Crippen LogP contribution in [0.3, 0.4) is 0 Å². The highest BCUT2D eigenvalue weighted by atomic mass is 15.4. The third kappa shape index (κ3) is 4.17. The number of nitrogens with two attached hydrogens (primary N) is 1. The van der Waals surface area contributed by atoms with Crippen LogP contribution in [0.5, 0.6) is 0 Å². The van der Waals surface area contributed by atoms with E-state index in [4.69, 9.17) is 5.84 Å². The van der Waals surface area contributed by atoms with E-state index in [9.17, 15) is 0 Å². The van der Waals surface area contributed by atoms with Gasteiger partial charge in [0.05, 0.1) is 0 Å². The van der Waals surface area contributed by atoms with Crippen LogP contribution in [0.2, 0.25) is 0 Å². The smallest absolute Gasteiger partial charge is 0.243 e. The Labute approximate surface area is 127 Å². The average Bonchev–Trinajstić information content (AvgIpc) is 2.45. The SMILES string of the molecule is CCN(CC)c1nc(NN)nc(N(C)C(C)C(C)(C)C)n1. The Hall–Kier alpha value is -1.63. The molecule has 0 aliphatic carbocycles. The molecule has 1 heterocycles. The van der Waals surface area contributed by atoms with Gasteiger partial charge < -0.3 is 9.80 Å². The molecule has 120 valence electrons. The van der Waals surface area contributed by atoms with Crippen LogP contribution < -0.4 is 21.1 Å². The number of hydrazine groups is 1. The number of nitrogens with zero attached hydrogens (tertiary/aromatic N) is 5. The van der Waals surface area contributed by atoms with Crippen molar-refractivity contribution in [1.29, 1.82) is 0 Å². The van der Waals surface area contributed by atoms with Crippen molar-refractivity contribution < 1.29 is 0 Å². The number of anilines is 3. The molecule has 0 bridgehead atoms. The second kappa shape index (κ2) is 6.89. The molecule has 1 aromatic heterocycles. The second-order valence-corrected chi connectivity index (χ2v) is 6.23. The minimum Gasteiger partial charge on any atom is -0.341 e. The fraction of sp³-hybridized carbons (Fsp3) is 0.786. The summed E-state index contributed by atoms with van der Waals surface area (Å²) in [5, 5.41) is 0. The Bertz CT molecular complexity index is 451. The van der Waals surface area contributed by atoms with Gasteiger partial charge in [-0.15, -0.1) is 0 Å². The van der Waals surface area contributed by atoms with Crippen LogP contribution in [0.25, 0.3) is 0 Å². The van der Waals surface area contributed by atoms with Gasteiger partial charge in [0.25, 0.3) is 0 Å². The zero-order valence-electron chi connectivity index (χ0n) is 14.3. The predicted molar refractivity (Wildman–Crippen MR) is 88.5 cm³/mol. The van der Waals surface area contributed by atoms with Gasteiger partial charge in [0.1, 0.15) is 0 Å². The van der Waals surface area contributed by atoms with Crippen LogP contribution in [-0.2, 0) is 0 Å². The monoisotopic (exact) mass is 295 g/mol. The van der Waals surface area contributed by atoms with Crippen molar-refractivity contribution in [3.05, 3.63) is 0 Å². The predicted octanol–water partition coefficient (Wildman–Crippen LogP) is 1.87. The highest BCUT2D eigenvalue weighted by molar-refractivity contribution is 5.45. The zero-order chi connectivity index (χ0) is 16.2. The van der Waals surface area contributed by atoms with Crippen LogP contribution in [0.4, 0.5) is 17.8 Å². The van der Waals surface area contributed by atoms with E-state index in [2.05, 4.69) is 71.7 Å². The van der Waals surface area contributed by atoms with E-state index in [1.807, 2.05) is 7.05 Å². The minimum atomic E-state index is 0.118. The summed E-state index contributed by atoms with van der Waals surface area (Å²) < 4.78 is 0. The molecule has 0 saturated carbocycles. The quantitative estimate of drug-likeness (QED) is 0.612. The molecule has 7 nitrogen and oxygen atoms in total. The summed E-state index contributed by atoms with van der Waals surface area (Å²) in [4.78, 5) is 17.4. The molecule has 3 N–H and O–H groups in total. The van der Waals surface area contributed by atoms with Crippen LogP contribution in [0.15, 0.2) is 0 Å². The van der Waals surface area contributed by atoms with E-state index in [1.54, 1.807) is 0 Å². The summed E-state index contributed by atoms with van der Waals surface area (Å²) in [5.41, 5.74) is 2.65. The van der Waals surface area contributed by atoms with Gasteiger partial charge in [0, 0.05) is 26.2 Å². The molecule has 0 amide bonds. The highest BCUT2D eigenvalue weighted by Crippen LogP contribution is 2.26. The standard InChI is InChI=1S/C14H29N7/c1-8-21(9-2)13-17-11(19-15)16-12(18-13)20(7)10(3)14(4,5)6/h10H,8-9,15H2,1-7H3,(H,16,17,18,19). The number of hydrogen-bond donors (Lipinski definition) is 2. The summed E-state index contributed by atoms with van der Waals surface area (Å²) in [6.07, 6.45) is 0. The lowest BCUT2D eigenvalue weighted by atomic mass is 9.87. The lowest BCUT2D eigenvalue weighted by Gasteiger charge is -2.35. The number of hydrogen-bond acceptors (Lipinski definition) is 7. The van der Waals surface area contributed by atoms with Crippen molar-refractivity contribution in [3.8, 4) is 0 Å². The molecule has 1 aromatic rings. The molecule has 0 radical (unpaired) electrons. The second-order valence-electron chi connectivity index (χ2n) is 6.23. The topological polar surface area (TPSA) is 83.2 Å². The lowest BCUT2D eigenvalue weighted by molar-refractivity contribution is 0.327. The van der Waals surface area contributed by atoms with Gasteiger partial charge in [0.2, 0.25) is 17.8 Å². The Morgan fingerprint density at radius 2 is 1.62 bits per heavy atom. The van der Waals surface area contributed by atoms with Crippen LogP contribution >= 0.6 is 0 Å². The van der Waals surface area contributed by atoms with Crippen molar-refractivity contribution in [3.63, 3.8) is 0 Å². The van der Waals surface area contributed by atoms with Crippen molar-refractivity contribution in [2.45, 2.75) is 47.6 Å². The molecule has 0 aliphatic rings. The molecule has 7 heteroatoms. The van der Waals surface area contributed by atoms with Crippen LogP contribution in [0.1, 0.15) is 41.5 Å². The number of nitrogens with one attached hydrogen (secondary N) is 1. The molecule has 0 saturated heterocycles. The minimum absolute atomic E-state index is 0.118. The van der Waals surface area contributed by atoms with Gasteiger partial charge >= 0.3 is 0 Å². The molecule has 1 atom stereocenters. The largest absolute Gasteiger partial charge is 0.341 e. The molecular formula is C14H29N7. The zero-order valence-corrected chi connectivity index (χ0v) is 14.3. The maximum atomic E-state index is 5.49. The van der Waals surface area contributed by atoms with Crippen LogP contribution in [-0.4, -0.2) is 41.1 Å². The van der Waals surface area contributed by atoms with Gasteiger partial charge in [-0.05, 0) is 26.2 Å². The van der Waals surface area contributed by atoms with Gasteiger partial charge in [-0.3, -0.25) is 5.43 Å². The van der Waals surface area contributed by atoms with E-state index in [-0.39, 0.29) is 11.5 Å². The molecule has 0 fully saturated rings. The Kier molecular flexibility index (Phi) is 5.71. The fourth-order valence-corrected chi connectivity index (χ4v) is 1.98. The molecular weight excluding hydrogens is 266 g/mol. The third-order valence-corrected chi connectivity index (χ3v) is 3.94. The first kappa shape index (κ1) is 17.4. The van der Waals surface area contributed by atoms with Crippen molar-refractivity contribution in [1.82, 2.24) is 15.0 Å². The third-order valence-electron chi connectivity index (χ3n) is 3.94. The van der Waals surface area contributed by atoms with Crippen molar-refractivity contribution in [2.24, 2.45) is 11.3 Å². The first-order chi connectivity index (χ1) is 9.74. The summed E-state index contributed by atoms with van der Waals surface area (Å²) in [6.45, 7) is 14.6. The van der Waals surface area contributed by atoms with Gasteiger partial charge in [0.15, 0.2) is 0 Å². The maximum Gasteiger partial charge on any atom is 0.243 e. The summed E-state index contributed by atoms with van der Waals surface area (Å²) >= 11 is 0. The van der Waals surface area contributed by atoms with Gasteiger partial charge in [-0.25, -0.2) is 5.84 Å². The summed E-state index contributed by atoms with van der Waals surface area (Å²) in [5.74, 6) is 7.15. The average molecular weight is 295 g/mol. The normalized spacial score (nSPS) is 13.0. The highest BCUT2D eigenvalue weighted by Gasteiger charge is 2.26.